The first kappa shape index (κ1) is 29.8. The van der Waals surface area contributed by atoms with Crippen molar-refractivity contribution in [1.82, 2.24) is 14.9 Å². The molecule has 4 bridgehead atoms. The molecule has 5 N–H and O–H groups in total. The molecule has 5 aliphatic rings. The Balaban J connectivity index is 1.35. The van der Waals surface area contributed by atoms with E-state index in [0.717, 1.165) is 19.3 Å². The highest BCUT2D eigenvalue weighted by Crippen LogP contribution is 2.66. The van der Waals surface area contributed by atoms with Crippen molar-refractivity contribution >= 4 is 43.0 Å². The predicted molar refractivity (Wildman–Crippen MR) is 146 cm³/mol. The second-order valence-corrected chi connectivity index (χ2v) is 14.9. The number of hydrogen-bond donors (Lipinski definition) is 5. The maximum atomic E-state index is 12.0. The van der Waals surface area contributed by atoms with E-state index in [4.69, 9.17) is 26.0 Å². The van der Waals surface area contributed by atoms with Gasteiger partial charge in [0.25, 0.3) is 0 Å². The van der Waals surface area contributed by atoms with E-state index in [1.165, 1.54) is 30.2 Å². The maximum absolute atomic E-state index is 12.0. The molecular weight excluding hydrogens is 565 g/mol. The van der Waals surface area contributed by atoms with Crippen LogP contribution in [0.5, 0.6) is 0 Å². The molecule has 0 radical (unpaired) electrons. The van der Waals surface area contributed by atoms with Crippen LogP contribution in [0, 0.1) is 16.7 Å². The van der Waals surface area contributed by atoms with Crippen molar-refractivity contribution in [2.75, 3.05) is 12.8 Å². The lowest BCUT2D eigenvalue weighted by Gasteiger charge is -2.65. The van der Waals surface area contributed by atoms with Crippen LogP contribution in [0.15, 0.2) is 16.3 Å². The maximum Gasteiger partial charge on any atom is 0.339 e. The summed E-state index contributed by atoms with van der Waals surface area (Å²) < 4.78 is 24.0. The molecule has 5 fully saturated rings. The number of nitrogens with one attached hydrogen (secondary N) is 1. The van der Waals surface area contributed by atoms with Gasteiger partial charge < -0.3 is 34.8 Å². The Kier molecular flexibility index (Phi) is 7.84. The van der Waals surface area contributed by atoms with Gasteiger partial charge in [-0.15, -0.1) is 0 Å². The SMILES string of the molecule is C=N/C(Cl)=N\c1c(CN[C@@]23C[C@@H]4C[C@@](C)(C[C@@](C)(C4)C2)C3)ncn1[C@@H]1O[C@H](COP(=O)(O)CC(=O)O)C(O)C1O. The van der Waals surface area contributed by atoms with Gasteiger partial charge in [-0.1, -0.05) is 13.8 Å². The third-order valence-electron chi connectivity index (χ3n) is 8.81. The van der Waals surface area contributed by atoms with Gasteiger partial charge in [-0.2, -0.15) is 4.99 Å². The van der Waals surface area contributed by atoms with E-state index in [2.05, 4.69) is 40.9 Å². The number of carbonyl (C=O) groups is 1. The Morgan fingerprint density at radius 2 is 1.95 bits per heavy atom. The predicted octanol–water partition coefficient (Wildman–Crippen LogP) is 2.55. The highest BCUT2D eigenvalue weighted by molar-refractivity contribution is 7.53. The number of carboxylic acids is 1. The van der Waals surface area contributed by atoms with Gasteiger partial charge in [-0.3, -0.25) is 13.9 Å². The summed E-state index contributed by atoms with van der Waals surface area (Å²) in [7, 11) is -4.47. The number of rotatable bonds is 10. The monoisotopic (exact) mass is 601 g/mol. The molecule has 222 valence electrons. The van der Waals surface area contributed by atoms with E-state index in [1.807, 2.05) is 0 Å². The minimum Gasteiger partial charge on any atom is -0.481 e. The molecule has 2 heterocycles. The smallest absolute Gasteiger partial charge is 0.339 e. The number of aromatic nitrogens is 2. The minimum absolute atomic E-state index is 0.00957. The van der Waals surface area contributed by atoms with Crippen LogP contribution in [0.4, 0.5) is 5.82 Å². The van der Waals surface area contributed by atoms with Crippen LogP contribution in [0.3, 0.4) is 0 Å². The first-order chi connectivity index (χ1) is 18.6. The third-order valence-corrected chi connectivity index (χ3v) is 10.2. The number of nitrogens with zero attached hydrogens (tertiary/aromatic N) is 4. The zero-order chi connectivity index (χ0) is 29.1. The summed E-state index contributed by atoms with van der Waals surface area (Å²) in [5.41, 5.74) is 1.16. The van der Waals surface area contributed by atoms with Crippen LogP contribution < -0.4 is 5.32 Å². The number of halogens is 1. The third kappa shape index (κ3) is 5.94. The fourth-order valence-corrected chi connectivity index (χ4v) is 9.26. The number of amidine groups is 1. The Morgan fingerprint density at radius 3 is 2.55 bits per heavy atom. The van der Waals surface area contributed by atoms with Crippen molar-refractivity contribution in [3.05, 3.63) is 12.0 Å². The number of hydrogen-bond acceptors (Lipinski definition) is 9. The minimum atomic E-state index is -4.47. The molecule has 13 nitrogen and oxygen atoms in total. The van der Waals surface area contributed by atoms with Gasteiger partial charge in [0.05, 0.1) is 18.6 Å². The number of aliphatic hydroxyl groups excluding tert-OH is 2. The van der Waals surface area contributed by atoms with Crippen LogP contribution in [0.25, 0.3) is 0 Å². The Bertz CT molecular complexity index is 1240. The van der Waals surface area contributed by atoms with Crippen LogP contribution in [-0.2, 0) is 25.2 Å². The van der Waals surface area contributed by atoms with E-state index in [-0.39, 0.29) is 16.7 Å². The molecule has 9 atom stereocenters. The van der Waals surface area contributed by atoms with Gasteiger partial charge in [0.1, 0.15) is 24.5 Å². The fraction of sp³-hybridized carbons (Fsp3) is 0.760. The Morgan fingerprint density at radius 1 is 1.27 bits per heavy atom. The Labute approximate surface area is 237 Å². The number of carboxylic acid groups (broad SMARTS) is 1. The molecule has 1 aromatic rings. The molecule has 1 aliphatic heterocycles. The molecular formula is C25H37ClN5O8P. The molecule has 3 unspecified atom stereocenters. The average molecular weight is 602 g/mol. The number of imidazole rings is 1. The van der Waals surface area contributed by atoms with Crippen LogP contribution >= 0.6 is 19.2 Å². The van der Waals surface area contributed by atoms with Crippen molar-refractivity contribution in [2.24, 2.45) is 26.7 Å². The van der Waals surface area contributed by atoms with Gasteiger partial charge in [0, 0.05) is 12.1 Å². The molecule has 40 heavy (non-hydrogen) atoms. The van der Waals surface area contributed by atoms with Crippen molar-refractivity contribution in [3.8, 4) is 0 Å². The first-order valence-corrected chi connectivity index (χ1v) is 15.5. The summed E-state index contributed by atoms with van der Waals surface area (Å²) >= 11 is 6.12. The molecule has 6 rings (SSSR count). The largest absolute Gasteiger partial charge is 0.481 e. The topological polar surface area (TPSA) is 188 Å². The summed E-state index contributed by atoms with van der Waals surface area (Å²) in [6.07, 6.45) is 1.99. The highest BCUT2D eigenvalue weighted by Gasteiger charge is 2.60. The molecule has 0 amide bonds. The number of aliphatic hydroxyl groups is 2. The van der Waals surface area contributed by atoms with Crippen molar-refractivity contribution in [1.29, 1.82) is 0 Å². The van der Waals surface area contributed by atoms with Crippen molar-refractivity contribution in [3.63, 3.8) is 0 Å². The molecule has 1 aromatic heterocycles. The normalized spacial score (nSPS) is 40.4. The van der Waals surface area contributed by atoms with Crippen molar-refractivity contribution < 1.29 is 38.8 Å². The zero-order valence-corrected chi connectivity index (χ0v) is 24.2. The highest BCUT2D eigenvalue weighted by atomic mass is 35.5. The van der Waals surface area contributed by atoms with E-state index in [0.29, 0.717) is 29.0 Å². The molecule has 1 saturated heterocycles. The molecule has 0 spiro atoms. The number of aliphatic carboxylic acids is 1. The van der Waals surface area contributed by atoms with Crippen LogP contribution in [0.2, 0.25) is 0 Å². The lowest BCUT2D eigenvalue weighted by molar-refractivity contribution is -0.134. The van der Waals surface area contributed by atoms with Gasteiger partial charge in [-0.25, -0.2) is 9.98 Å². The van der Waals surface area contributed by atoms with E-state index >= 15 is 0 Å². The number of ether oxygens (including phenoxy) is 1. The first-order valence-electron chi connectivity index (χ1n) is 13.4. The van der Waals surface area contributed by atoms with Crippen LogP contribution in [0.1, 0.15) is 64.3 Å². The van der Waals surface area contributed by atoms with Gasteiger partial charge in [-0.05, 0) is 73.6 Å². The summed E-state index contributed by atoms with van der Waals surface area (Å²) in [5.74, 6) is -0.563. The van der Waals surface area contributed by atoms with E-state index in [9.17, 15) is 24.5 Å². The quantitative estimate of drug-likeness (QED) is 0.115. The van der Waals surface area contributed by atoms with E-state index < -0.39 is 50.9 Å². The summed E-state index contributed by atoms with van der Waals surface area (Å²) in [5, 5.41) is 33.8. The lowest BCUT2D eigenvalue weighted by Crippen LogP contribution is -2.63. The van der Waals surface area contributed by atoms with E-state index in [1.54, 1.807) is 0 Å². The second kappa shape index (κ2) is 10.5. The molecule has 15 heteroatoms. The fourth-order valence-electron chi connectivity index (χ4n) is 8.37. The van der Waals surface area contributed by atoms with Crippen LogP contribution in [-0.4, -0.2) is 84.4 Å². The average Bonchev–Trinajstić information content (AvgIpc) is 3.33. The molecule has 4 saturated carbocycles. The summed E-state index contributed by atoms with van der Waals surface area (Å²) in [6.45, 7) is 7.96. The Hall–Kier alpha value is -1.70. The van der Waals surface area contributed by atoms with Gasteiger partial charge >= 0.3 is 13.6 Å². The molecule has 4 aliphatic carbocycles. The van der Waals surface area contributed by atoms with Gasteiger partial charge in [0.2, 0.25) is 5.29 Å². The summed E-state index contributed by atoms with van der Waals surface area (Å²) in [4.78, 5) is 33.0. The standard InChI is InChI=1S/C25H37ClN5O8P/c1-23-4-14-5-24(2,10-23)12-25(6-14,11-23)29-7-15-20(30-22(26)27-3)31(13-28-15)21-19(35)18(34)16(39-21)8-38-40(36,37)9-17(32)33/h13-14,16,18-19,21,29,34-35H,3-12H2,1-2H3,(H,32,33)(H,36,37)/b30-22-/t14-,16-,18?,19?,21-,23+,24-,25-/m1/s1. The lowest BCUT2D eigenvalue weighted by atomic mass is 9.43. The summed E-state index contributed by atoms with van der Waals surface area (Å²) in [6, 6.07) is 0. The van der Waals surface area contributed by atoms with Crippen molar-refractivity contribution in [2.45, 2.75) is 89.0 Å². The van der Waals surface area contributed by atoms with Gasteiger partial charge in [0.15, 0.2) is 12.0 Å². The number of aliphatic imine (C=N–C) groups is 2. The second-order valence-electron chi connectivity index (χ2n) is 12.8. The molecule has 0 aromatic carbocycles. The zero-order valence-electron chi connectivity index (χ0n) is 22.6.